The molecule has 0 heterocycles. The van der Waals surface area contributed by atoms with Gasteiger partial charge in [0.05, 0.1) is 0 Å². The van der Waals surface area contributed by atoms with Crippen molar-refractivity contribution in [1.82, 2.24) is 0 Å². The predicted molar refractivity (Wildman–Crippen MR) is 72.2 cm³/mol. The molecule has 4 heteroatoms. The fourth-order valence-corrected chi connectivity index (χ4v) is 3.28. The molecule has 0 aromatic rings. The minimum Gasteiger partial charge on any atom is -0.396 e. The summed E-state index contributed by atoms with van der Waals surface area (Å²) < 4.78 is 0. The van der Waals surface area contributed by atoms with Gasteiger partial charge in [0.25, 0.3) is 0 Å². The molecular formula is C11H24Cl2OSi. The lowest BCUT2D eigenvalue weighted by Gasteiger charge is -2.08. The Morgan fingerprint density at radius 1 is 0.800 bits per heavy atom. The number of aliphatic hydroxyl groups is 1. The largest absolute Gasteiger partial charge is 0.396 e. The Morgan fingerprint density at radius 3 is 1.60 bits per heavy atom. The van der Waals surface area contributed by atoms with Gasteiger partial charge in [0, 0.05) is 6.61 Å². The standard InChI is InChI=1S/C11H24Cl2OSi/c1-15(12,13)11-9-7-5-3-2-4-6-8-10-14/h14H,2-11H2,1H3. The van der Waals surface area contributed by atoms with Crippen molar-refractivity contribution in [3.05, 3.63) is 0 Å². The molecule has 0 fully saturated rings. The number of hydrogen-bond donors (Lipinski definition) is 1. The Labute approximate surface area is 105 Å². The fourth-order valence-electron chi connectivity index (χ4n) is 1.61. The van der Waals surface area contributed by atoms with Crippen molar-refractivity contribution >= 4 is 28.9 Å². The Morgan fingerprint density at radius 2 is 1.20 bits per heavy atom. The van der Waals surface area contributed by atoms with Crippen LogP contribution in [0.3, 0.4) is 0 Å². The van der Waals surface area contributed by atoms with E-state index in [1.807, 2.05) is 6.55 Å². The lowest BCUT2D eigenvalue weighted by Crippen LogP contribution is -2.11. The highest BCUT2D eigenvalue weighted by Gasteiger charge is 2.19. The van der Waals surface area contributed by atoms with Gasteiger partial charge >= 0.3 is 0 Å². The summed E-state index contributed by atoms with van der Waals surface area (Å²) in [7, 11) is 0. The maximum Gasteiger partial charge on any atom is 0.248 e. The molecule has 0 aliphatic carbocycles. The van der Waals surface area contributed by atoms with E-state index in [-0.39, 0.29) is 0 Å². The highest BCUT2D eigenvalue weighted by molar-refractivity contribution is 7.44. The third kappa shape index (κ3) is 14.8. The van der Waals surface area contributed by atoms with Gasteiger partial charge in [-0.15, -0.1) is 22.2 Å². The van der Waals surface area contributed by atoms with E-state index in [0.29, 0.717) is 6.61 Å². The molecule has 92 valence electrons. The van der Waals surface area contributed by atoms with Gasteiger partial charge in [-0.05, 0) is 19.0 Å². The van der Waals surface area contributed by atoms with E-state index in [0.717, 1.165) is 12.5 Å². The van der Waals surface area contributed by atoms with Crippen molar-refractivity contribution in [1.29, 1.82) is 0 Å². The van der Waals surface area contributed by atoms with Crippen LogP contribution < -0.4 is 0 Å². The summed E-state index contributed by atoms with van der Waals surface area (Å²) >= 11 is 12.0. The van der Waals surface area contributed by atoms with E-state index in [1.54, 1.807) is 0 Å². The van der Waals surface area contributed by atoms with Crippen LogP contribution in [0.25, 0.3) is 0 Å². The number of aliphatic hydroxyl groups excluding tert-OH is 1. The quantitative estimate of drug-likeness (QED) is 0.348. The summed E-state index contributed by atoms with van der Waals surface area (Å²) in [6.07, 6.45) is 9.77. The number of halogens is 2. The van der Waals surface area contributed by atoms with Gasteiger partial charge in [0.15, 0.2) is 0 Å². The fraction of sp³-hybridized carbons (Fsp3) is 1.00. The van der Waals surface area contributed by atoms with Crippen molar-refractivity contribution in [2.75, 3.05) is 6.61 Å². The van der Waals surface area contributed by atoms with E-state index >= 15 is 0 Å². The topological polar surface area (TPSA) is 20.2 Å². The second kappa shape index (κ2) is 9.95. The Hall–Kier alpha value is 0.757. The lowest BCUT2D eigenvalue weighted by atomic mass is 10.1. The van der Waals surface area contributed by atoms with E-state index in [2.05, 4.69) is 0 Å². The van der Waals surface area contributed by atoms with Gasteiger partial charge in [0.2, 0.25) is 6.69 Å². The van der Waals surface area contributed by atoms with Crippen LogP contribution in [0, 0.1) is 0 Å². The monoisotopic (exact) mass is 270 g/mol. The van der Waals surface area contributed by atoms with Crippen LogP contribution in [0.2, 0.25) is 12.6 Å². The summed E-state index contributed by atoms with van der Waals surface area (Å²) in [6.45, 7) is 0.506. The number of unbranched alkanes of at least 4 members (excludes halogenated alkanes) is 7. The molecule has 0 atom stereocenters. The average Bonchev–Trinajstić information content (AvgIpc) is 2.14. The molecule has 0 radical (unpaired) electrons. The van der Waals surface area contributed by atoms with E-state index < -0.39 is 6.69 Å². The summed E-state index contributed by atoms with van der Waals surface area (Å²) in [5, 5.41) is 8.59. The zero-order valence-electron chi connectivity index (χ0n) is 9.77. The molecule has 0 spiro atoms. The van der Waals surface area contributed by atoms with Crippen LogP contribution in [-0.2, 0) is 0 Å². The molecule has 1 nitrogen and oxygen atoms in total. The molecule has 0 saturated carbocycles. The van der Waals surface area contributed by atoms with Crippen molar-refractivity contribution in [2.24, 2.45) is 0 Å². The summed E-state index contributed by atoms with van der Waals surface area (Å²) in [5.74, 6) is 0. The first-order chi connectivity index (χ1) is 7.06. The zero-order chi connectivity index (χ0) is 11.6. The second-order valence-electron chi connectivity index (χ2n) is 4.37. The Balaban J connectivity index is 2.99. The molecular weight excluding hydrogens is 247 g/mol. The number of rotatable bonds is 10. The van der Waals surface area contributed by atoms with Crippen LogP contribution >= 0.6 is 22.2 Å². The van der Waals surface area contributed by atoms with Gasteiger partial charge < -0.3 is 5.11 Å². The van der Waals surface area contributed by atoms with Crippen LogP contribution in [0.4, 0.5) is 0 Å². The van der Waals surface area contributed by atoms with Gasteiger partial charge in [-0.25, -0.2) is 0 Å². The predicted octanol–water partition coefficient (Wildman–Crippen LogP) is 4.65. The molecule has 0 aliphatic rings. The van der Waals surface area contributed by atoms with E-state index in [1.165, 1.54) is 44.9 Å². The molecule has 0 bridgehead atoms. The van der Waals surface area contributed by atoms with Crippen molar-refractivity contribution in [3.8, 4) is 0 Å². The van der Waals surface area contributed by atoms with Crippen LogP contribution in [-0.4, -0.2) is 18.4 Å². The highest BCUT2D eigenvalue weighted by Crippen LogP contribution is 2.23. The molecule has 0 aromatic carbocycles. The maximum atomic E-state index is 8.59. The molecule has 15 heavy (non-hydrogen) atoms. The SMILES string of the molecule is C[Si](Cl)(Cl)CCCCCCCCCCO. The molecule has 0 saturated heterocycles. The smallest absolute Gasteiger partial charge is 0.248 e. The first-order valence-corrected chi connectivity index (χ1v) is 10.8. The van der Waals surface area contributed by atoms with Crippen LogP contribution in [0.1, 0.15) is 51.4 Å². The van der Waals surface area contributed by atoms with E-state index in [9.17, 15) is 0 Å². The summed E-state index contributed by atoms with van der Waals surface area (Å²) in [6, 6.07) is 1.03. The zero-order valence-corrected chi connectivity index (χ0v) is 12.3. The third-order valence-electron chi connectivity index (χ3n) is 2.52. The van der Waals surface area contributed by atoms with Gasteiger partial charge in [-0.2, -0.15) is 0 Å². The molecule has 0 amide bonds. The van der Waals surface area contributed by atoms with Crippen molar-refractivity contribution < 1.29 is 5.11 Å². The van der Waals surface area contributed by atoms with Gasteiger partial charge in [0.1, 0.15) is 0 Å². The maximum absolute atomic E-state index is 8.59. The minimum absolute atomic E-state index is 0.342. The summed E-state index contributed by atoms with van der Waals surface area (Å²) in [4.78, 5) is 0. The first-order valence-electron chi connectivity index (χ1n) is 6.05. The Kier molecular flexibility index (Phi) is 10.4. The molecule has 1 N–H and O–H groups in total. The molecule has 0 aromatic heterocycles. The van der Waals surface area contributed by atoms with Crippen LogP contribution in [0.15, 0.2) is 0 Å². The normalized spacial score (nSPS) is 12.0. The van der Waals surface area contributed by atoms with Crippen molar-refractivity contribution in [2.45, 2.75) is 64.0 Å². The van der Waals surface area contributed by atoms with Gasteiger partial charge in [-0.3, -0.25) is 0 Å². The second-order valence-corrected chi connectivity index (χ2v) is 12.6. The highest BCUT2D eigenvalue weighted by atomic mass is 35.7. The minimum atomic E-state index is -1.83. The van der Waals surface area contributed by atoms with E-state index in [4.69, 9.17) is 27.3 Å². The number of hydrogen-bond acceptors (Lipinski definition) is 1. The molecule has 0 aliphatic heterocycles. The van der Waals surface area contributed by atoms with Gasteiger partial charge in [-0.1, -0.05) is 44.9 Å². The average molecular weight is 271 g/mol. The summed E-state index contributed by atoms with van der Waals surface area (Å²) in [5.41, 5.74) is 0. The first kappa shape index (κ1) is 15.8. The van der Waals surface area contributed by atoms with Crippen LogP contribution in [0.5, 0.6) is 0 Å². The Bertz CT molecular complexity index is 137. The molecule has 0 rings (SSSR count). The third-order valence-corrected chi connectivity index (χ3v) is 4.89. The molecule has 0 unspecified atom stereocenters. The lowest BCUT2D eigenvalue weighted by molar-refractivity contribution is 0.282. The van der Waals surface area contributed by atoms with Crippen molar-refractivity contribution in [3.63, 3.8) is 0 Å².